The molecule has 7 heteroatoms. The number of primary amides is 1. The summed E-state index contributed by atoms with van der Waals surface area (Å²) in [6.07, 6.45) is 3.20. The Bertz CT molecular complexity index is 1050. The van der Waals surface area contributed by atoms with E-state index in [0.717, 1.165) is 16.6 Å². The molecule has 4 aromatic rings. The fraction of sp³-hybridized carbons (Fsp3) is 0.0526. The van der Waals surface area contributed by atoms with E-state index >= 15 is 0 Å². The third-order valence-corrected chi connectivity index (χ3v) is 5.21. The lowest BCUT2D eigenvalue weighted by Gasteiger charge is -2.13. The van der Waals surface area contributed by atoms with Crippen LogP contribution in [0.1, 0.15) is 10.8 Å². The molecule has 1 amide bonds. The molecule has 6 nitrogen and oxygen atoms in total. The molecule has 0 radical (unpaired) electrons. The normalized spacial score (nSPS) is 12.2. The van der Waals surface area contributed by atoms with E-state index in [4.69, 9.17) is 5.73 Å². The third kappa shape index (κ3) is 3.04. The molecule has 2 aromatic heterocycles. The lowest BCUT2D eigenvalue weighted by molar-refractivity contribution is -0.117. The molecule has 26 heavy (non-hydrogen) atoms. The number of rotatable bonds is 5. The molecule has 0 fully saturated rings. The summed E-state index contributed by atoms with van der Waals surface area (Å²) < 4.78 is 1.75. The van der Waals surface area contributed by atoms with Crippen molar-refractivity contribution in [1.82, 2.24) is 19.7 Å². The molecule has 0 aliphatic heterocycles. The highest BCUT2D eigenvalue weighted by Gasteiger charge is 2.22. The highest BCUT2D eigenvalue weighted by molar-refractivity contribution is 8.00. The number of para-hydroxylation sites is 1. The van der Waals surface area contributed by atoms with Crippen LogP contribution in [-0.2, 0) is 4.79 Å². The maximum atomic E-state index is 12.0. The van der Waals surface area contributed by atoms with Gasteiger partial charge in [-0.2, -0.15) is 5.10 Å². The zero-order valence-electron chi connectivity index (χ0n) is 13.7. The molecule has 2 N–H and O–H groups in total. The van der Waals surface area contributed by atoms with Gasteiger partial charge in [0.05, 0.1) is 17.3 Å². The number of hydrogen-bond donors (Lipinski definition) is 1. The summed E-state index contributed by atoms with van der Waals surface area (Å²) in [5.74, 6) is -0.414. The number of hydrogen-bond acceptors (Lipinski definition) is 5. The predicted octanol–water partition coefficient (Wildman–Crippen LogP) is 3.13. The van der Waals surface area contributed by atoms with Crippen LogP contribution < -0.4 is 5.73 Å². The van der Waals surface area contributed by atoms with Crippen LogP contribution in [-0.4, -0.2) is 25.7 Å². The Kier molecular flexibility index (Phi) is 4.37. The molecule has 2 aromatic carbocycles. The number of fused-ring (bicyclic) bond motifs is 1. The first-order valence-corrected chi connectivity index (χ1v) is 8.87. The van der Waals surface area contributed by atoms with Gasteiger partial charge in [-0.1, -0.05) is 60.3 Å². The van der Waals surface area contributed by atoms with Crippen LogP contribution in [0.4, 0.5) is 0 Å². The smallest absolute Gasteiger partial charge is 0.235 e. The van der Waals surface area contributed by atoms with Gasteiger partial charge in [0.2, 0.25) is 5.91 Å². The van der Waals surface area contributed by atoms with Crippen molar-refractivity contribution < 1.29 is 4.79 Å². The van der Waals surface area contributed by atoms with Gasteiger partial charge in [-0.25, -0.2) is 14.6 Å². The number of thioether (sulfide) groups is 1. The molecule has 128 valence electrons. The van der Waals surface area contributed by atoms with Crippen LogP contribution in [0.25, 0.3) is 16.7 Å². The van der Waals surface area contributed by atoms with Crippen molar-refractivity contribution >= 4 is 28.7 Å². The highest BCUT2D eigenvalue weighted by atomic mass is 32.2. The molecular formula is C19H15N5OS. The van der Waals surface area contributed by atoms with Crippen LogP contribution >= 0.6 is 11.8 Å². The number of carbonyl (C=O) groups is 1. The van der Waals surface area contributed by atoms with E-state index in [-0.39, 0.29) is 0 Å². The van der Waals surface area contributed by atoms with Gasteiger partial charge >= 0.3 is 0 Å². The number of nitrogens with zero attached hydrogens (tertiary/aromatic N) is 4. The first-order chi connectivity index (χ1) is 12.7. The minimum absolute atomic E-state index is 0.414. The van der Waals surface area contributed by atoms with Gasteiger partial charge in [0.25, 0.3) is 0 Å². The van der Waals surface area contributed by atoms with Gasteiger partial charge in [0, 0.05) is 0 Å². The van der Waals surface area contributed by atoms with E-state index < -0.39 is 11.2 Å². The fourth-order valence-electron chi connectivity index (χ4n) is 2.70. The second kappa shape index (κ2) is 6.97. The largest absolute Gasteiger partial charge is 0.368 e. The predicted molar refractivity (Wildman–Crippen MR) is 101 cm³/mol. The van der Waals surface area contributed by atoms with Gasteiger partial charge in [-0.15, -0.1) is 0 Å². The molecule has 1 atom stereocenters. The molecule has 0 saturated carbocycles. The van der Waals surface area contributed by atoms with Crippen molar-refractivity contribution in [2.45, 2.75) is 10.3 Å². The summed E-state index contributed by atoms with van der Waals surface area (Å²) in [4.78, 5) is 20.7. The summed E-state index contributed by atoms with van der Waals surface area (Å²) in [6.45, 7) is 0. The Morgan fingerprint density at radius 3 is 2.38 bits per heavy atom. The first kappa shape index (κ1) is 16.3. The van der Waals surface area contributed by atoms with Crippen LogP contribution in [0.15, 0.2) is 78.2 Å². The monoisotopic (exact) mass is 361 g/mol. The van der Waals surface area contributed by atoms with Gasteiger partial charge in [-0.3, -0.25) is 4.79 Å². The third-order valence-electron chi connectivity index (χ3n) is 3.92. The summed E-state index contributed by atoms with van der Waals surface area (Å²) in [6, 6.07) is 19.2. The average Bonchev–Trinajstić information content (AvgIpc) is 3.12. The maximum absolute atomic E-state index is 12.0. The SMILES string of the molecule is NC(=O)C(Sc1ncnc2c1cnn2-c1ccccc1)c1ccccc1. The summed E-state index contributed by atoms with van der Waals surface area (Å²) in [5, 5.41) is 5.35. The molecule has 0 aliphatic rings. The first-order valence-electron chi connectivity index (χ1n) is 7.99. The summed E-state index contributed by atoms with van der Waals surface area (Å²) in [7, 11) is 0. The van der Waals surface area contributed by atoms with Gasteiger partial charge < -0.3 is 5.73 Å². The van der Waals surface area contributed by atoms with Crippen LogP contribution in [0.5, 0.6) is 0 Å². The summed E-state index contributed by atoms with van der Waals surface area (Å²) in [5.41, 5.74) is 8.07. The van der Waals surface area contributed by atoms with Crippen LogP contribution in [0, 0.1) is 0 Å². The van der Waals surface area contributed by atoms with Crippen molar-refractivity contribution in [3.05, 3.63) is 78.8 Å². The second-order valence-corrected chi connectivity index (χ2v) is 6.71. The number of aromatic nitrogens is 4. The average molecular weight is 361 g/mol. The zero-order valence-corrected chi connectivity index (χ0v) is 14.5. The zero-order chi connectivity index (χ0) is 17.9. The maximum Gasteiger partial charge on any atom is 0.235 e. The quantitative estimate of drug-likeness (QED) is 0.436. The van der Waals surface area contributed by atoms with Crippen molar-refractivity contribution in [3.8, 4) is 5.69 Å². The lowest BCUT2D eigenvalue weighted by atomic mass is 10.1. The number of nitrogens with two attached hydrogens (primary N) is 1. The minimum Gasteiger partial charge on any atom is -0.368 e. The Balaban J connectivity index is 1.75. The Hall–Kier alpha value is -3.19. The number of amides is 1. The van der Waals surface area contributed by atoms with E-state index in [2.05, 4.69) is 15.1 Å². The molecule has 0 bridgehead atoms. The van der Waals surface area contributed by atoms with Crippen molar-refractivity contribution in [3.63, 3.8) is 0 Å². The van der Waals surface area contributed by atoms with E-state index in [0.29, 0.717) is 10.7 Å². The van der Waals surface area contributed by atoms with Crippen LogP contribution in [0.3, 0.4) is 0 Å². The van der Waals surface area contributed by atoms with Gasteiger partial charge in [-0.05, 0) is 17.7 Å². The molecule has 2 heterocycles. The number of carbonyl (C=O) groups excluding carboxylic acids is 1. The fourth-order valence-corrected chi connectivity index (χ4v) is 3.72. The minimum atomic E-state index is -0.533. The number of benzene rings is 2. The highest BCUT2D eigenvalue weighted by Crippen LogP contribution is 2.37. The van der Waals surface area contributed by atoms with Crippen molar-refractivity contribution in [2.75, 3.05) is 0 Å². The molecule has 0 saturated heterocycles. The lowest BCUT2D eigenvalue weighted by Crippen LogP contribution is -2.19. The van der Waals surface area contributed by atoms with Crippen molar-refractivity contribution in [1.29, 1.82) is 0 Å². The summed E-state index contributed by atoms with van der Waals surface area (Å²) >= 11 is 1.31. The molecule has 0 aliphatic carbocycles. The standard InChI is InChI=1S/C19H15N5OS/c20-17(25)16(13-7-3-1-4-8-13)26-19-15-11-23-24(18(15)21-12-22-19)14-9-5-2-6-10-14/h1-12,16H,(H2,20,25). The molecule has 0 spiro atoms. The Labute approximate surface area is 154 Å². The molecular weight excluding hydrogens is 346 g/mol. The van der Waals surface area contributed by atoms with Crippen molar-refractivity contribution in [2.24, 2.45) is 5.73 Å². The Morgan fingerprint density at radius 1 is 1.00 bits per heavy atom. The topological polar surface area (TPSA) is 86.7 Å². The van der Waals surface area contributed by atoms with Crippen LogP contribution in [0.2, 0.25) is 0 Å². The molecule has 1 unspecified atom stereocenters. The van der Waals surface area contributed by atoms with E-state index in [1.165, 1.54) is 18.1 Å². The molecule has 4 rings (SSSR count). The van der Waals surface area contributed by atoms with E-state index in [1.807, 2.05) is 60.7 Å². The Morgan fingerprint density at radius 2 is 1.69 bits per heavy atom. The van der Waals surface area contributed by atoms with E-state index in [1.54, 1.807) is 10.9 Å². The van der Waals surface area contributed by atoms with Gasteiger partial charge in [0.15, 0.2) is 5.65 Å². The van der Waals surface area contributed by atoms with E-state index in [9.17, 15) is 4.79 Å². The second-order valence-electron chi connectivity index (χ2n) is 5.62. The van der Waals surface area contributed by atoms with Gasteiger partial charge in [0.1, 0.15) is 16.6 Å².